The second-order valence-electron chi connectivity index (χ2n) is 4.01. The molecule has 1 rings (SSSR count). The van der Waals surface area contributed by atoms with E-state index in [2.05, 4.69) is 19.8 Å². The summed E-state index contributed by atoms with van der Waals surface area (Å²) in [6.07, 6.45) is 5.54. The van der Waals surface area contributed by atoms with Gasteiger partial charge < -0.3 is 5.11 Å². The largest absolute Gasteiger partial charge is 0.395 e. The quantitative estimate of drug-likeness (QED) is 0.745. The monoisotopic (exact) mass is 201 g/mol. The summed E-state index contributed by atoms with van der Waals surface area (Å²) in [6, 6.07) is 6.01. The molecule has 0 heterocycles. The predicted octanol–water partition coefficient (Wildman–Crippen LogP) is 2.73. The SMILES string of the molecule is C#Cc1c([C](C)CO)cccc1C(C)C. The van der Waals surface area contributed by atoms with Gasteiger partial charge in [-0.25, -0.2) is 0 Å². The first-order valence-electron chi connectivity index (χ1n) is 5.15. The van der Waals surface area contributed by atoms with E-state index in [1.165, 1.54) is 5.56 Å². The van der Waals surface area contributed by atoms with Crippen LogP contribution in [0.25, 0.3) is 0 Å². The summed E-state index contributed by atoms with van der Waals surface area (Å²) in [4.78, 5) is 0. The minimum atomic E-state index is 0.0518. The molecule has 0 fully saturated rings. The predicted molar refractivity (Wildman–Crippen MR) is 63.6 cm³/mol. The smallest absolute Gasteiger partial charge is 0.0535 e. The zero-order valence-electron chi connectivity index (χ0n) is 9.54. The van der Waals surface area contributed by atoms with Crippen LogP contribution in [-0.2, 0) is 0 Å². The van der Waals surface area contributed by atoms with Crippen LogP contribution < -0.4 is 0 Å². The Hall–Kier alpha value is -1.26. The summed E-state index contributed by atoms with van der Waals surface area (Å²) < 4.78 is 0. The molecule has 0 aromatic heterocycles. The fraction of sp³-hybridized carbons (Fsp3) is 0.357. The minimum absolute atomic E-state index is 0.0518. The van der Waals surface area contributed by atoms with Crippen molar-refractivity contribution >= 4 is 0 Å². The van der Waals surface area contributed by atoms with Crippen molar-refractivity contribution in [2.75, 3.05) is 6.61 Å². The molecule has 1 N–H and O–H groups in total. The summed E-state index contributed by atoms with van der Waals surface area (Å²) in [7, 11) is 0. The molecule has 0 spiro atoms. The molecule has 0 aliphatic heterocycles. The van der Waals surface area contributed by atoms with Crippen LogP contribution in [0.1, 0.15) is 43.4 Å². The summed E-state index contributed by atoms with van der Waals surface area (Å²) in [5.41, 5.74) is 3.08. The summed E-state index contributed by atoms with van der Waals surface area (Å²) >= 11 is 0. The highest BCUT2D eigenvalue weighted by Crippen LogP contribution is 2.26. The third-order valence-corrected chi connectivity index (χ3v) is 2.56. The average molecular weight is 201 g/mol. The van der Waals surface area contributed by atoms with E-state index in [-0.39, 0.29) is 6.61 Å². The number of aliphatic hydroxyl groups is 1. The maximum Gasteiger partial charge on any atom is 0.0535 e. The fourth-order valence-electron chi connectivity index (χ4n) is 1.65. The Labute approximate surface area is 92.1 Å². The molecule has 0 saturated heterocycles. The number of aliphatic hydroxyl groups excluding tert-OH is 1. The third-order valence-electron chi connectivity index (χ3n) is 2.56. The van der Waals surface area contributed by atoms with Gasteiger partial charge in [0.2, 0.25) is 0 Å². The van der Waals surface area contributed by atoms with Crippen molar-refractivity contribution in [3.63, 3.8) is 0 Å². The van der Waals surface area contributed by atoms with Crippen molar-refractivity contribution in [3.05, 3.63) is 40.8 Å². The van der Waals surface area contributed by atoms with Crippen LogP contribution in [0.5, 0.6) is 0 Å². The molecule has 79 valence electrons. The average Bonchev–Trinajstić information content (AvgIpc) is 2.26. The van der Waals surface area contributed by atoms with Crippen molar-refractivity contribution in [2.24, 2.45) is 0 Å². The lowest BCUT2D eigenvalue weighted by Gasteiger charge is -2.16. The van der Waals surface area contributed by atoms with Gasteiger partial charge in [-0.05, 0) is 17.0 Å². The summed E-state index contributed by atoms with van der Waals surface area (Å²) in [5, 5.41) is 9.13. The Balaban J connectivity index is 3.30. The van der Waals surface area contributed by atoms with Gasteiger partial charge in [0.15, 0.2) is 0 Å². The molecule has 1 aromatic rings. The minimum Gasteiger partial charge on any atom is -0.395 e. The van der Waals surface area contributed by atoms with Crippen molar-refractivity contribution in [1.29, 1.82) is 0 Å². The molecule has 0 atom stereocenters. The molecule has 1 heteroatoms. The van der Waals surface area contributed by atoms with E-state index in [4.69, 9.17) is 11.5 Å². The van der Waals surface area contributed by atoms with Crippen molar-refractivity contribution in [1.82, 2.24) is 0 Å². The Morgan fingerprint density at radius 3 is 2.60 bits per heavy atom. The topological polar surface area (TPSA) is 20.2 Å². The van der Waals surface area contributed by atoms with Crippen LogP contribution in [0.3, 0.4) is 0 Å². The van der Waals surface area contributed by atoms with Gasteiger partial charge in [-0.1, -0.05) is 44.9 Å². The number of hydrogen-bond acceptors (Lipinski definition) is 1. The highest BCUT2D eigenvalue weighted by atomic mass is 16.3. The van der Waals surface area contributed by atoms with E-state index in [9.17, 15) is 0 Å². The van der Waals surface area contributed by atoms with E-state index < -0.39 is 0 Å². The Bertz CT molecular complexity index is 371. The standard InChI is InChI=1S/C14H17O/c1-5-12-13(10(2)3)7-6-8-14(12)11(4)9-15/h1,6-8,10,15H,9H2,2-4H3. The van der Waals surface area contributed by atoms with Crippen molar-refractivity contribution in [3.8, 4) is 12.3 Å². The van der Waals surface area contributed by atoms with Gasteiger partial charge in [-0.15, -0.1) is 6.42 Å². The highest BCUT2D eigenvalue weighted by molar-refractivity contribution is 5.52. The molecular formula is C14H17O. The summed E-state index contributed by atoms with van der Waals surface area (Å²) in [5.74, 6) is 4.06. The first-order valence-corrected chi connectivity index (χ1v) is 5.15. The van der Waals surface area contributed by atoms with Gasteiger partial charge in [0, 0.05) is 11.5 Å². The lowest BCUT2D eigenvalue weighted by molar-refractivity contribution is 0.315. The lowest BCUT2D eigenvalue weighted by Crippen LogP contribution is -2.05. The molecule has 0 bridgehead atoms. The van der Waals surface area contributed by atoms with Crippen LogP contribution in [0.2, 0.25) is 0 Å². The van der Waals surface area contributed by atoms with Crippen LogP contribution >= 0.6 is 0 Å². The molecule has 1 radical (unpaired) electrons. The van der Waals surface area contributed by atoms with E-state index in [1.54, 1.807) is 0 Å². The van der Waals surface area contributed by atoms with Crippen LogP contribution in [0.15, 0.2) is 18.2 Å². The van der Waals surface area contributed by atoms with Crippen LogP contribution in [0.4, 0.5) is 0 Å². The third kappa shape index (κ3) is 2.40. The van der Waals surface area contributed by atoms with Crippen molar-refractivity contribution < 1.29 is 5.11 Å². The Morgan fingerprint density at radius 2 is 2.13 bits per heavy atom. The molecule has 0 amide bonds. The molecule has 15 heavy (non-hydrogen) atoms. The number of hydrogen-bond donors (Lipinski definition) is 1. The Morgan fingerprint density at radius 1 is 1.47 bits per heavy atom. The summed E-state index contributed by atoms with van der Waals surface area (Å²) in [6.45, 7) is 6.19. The Kier molecular flexibility index (Phi) is 3.94. The molecule has 1 nitrogen and oxygen atoms in total. The maximum atomic E-state index is 9.13. The molecule has 0 aliphatic rings. The highest BCUT2D eigenvalue weighted by Gasteiger charge is 2.13. The zero-order valence-corrected chi connectivity index (χ0v) is 9.54. The lowest BCUT2D eigenvalue weighted by atomic mass is 9.89. The first-order chi connectivity index (χ1) is 7.11. The number of rotatable bonds is 3. The van der Waals surface area contributed by atoms with Crippen molar-refractivity contribution in [2.45, 2.75) is 26.7 Å². The first kappa shape index (κ1) is 11.8. The molecule has 0 saturated carbocycles. The maximum absolute atomic E-state index is 9.13. The second kappa shape index (κ2) is 5.00. The number of terminal acetylenes is 1. The van der Waals surface area contributed by atoms with Gasteiger partial charge in [-0.3, -0.25) is 0 Å². The molecular weight excluding hydrogens is 184 g/mol. The number of benzene rings is 1. The van der Waals surface area contributed by atoms with Gasteiger partial charge in [0.05, 0.1) is 6.61 Å². The van der Waals surface area contributed by atoms with Crippen LogP contribution in [0, 0.1) is 18.3 Å². The normalized spacial score (nSPS) is 10.7. The van der Waals surface area contributed by atoms with E-state index in [1.807, 2.05) is 25.1 Å². The molecule has 0 aliphatic carbocycles. The van der Waals surface area contributed by atoms with Gasteiger partial charge in [0.25, 0.3) is 0 Å². The fourth-order valence-corrected chi connectivity index (χ4v) is 1.65. The van der Waals surface area contributed by atoms with Gasteiger partial charge >= 0.3 is 0 Å². The van der Waals surface area contributed by atoms with Gasteiger partial charge in [-0.2, -0.15) is 0 Å². The van der Waals surface area contributed by atoms with Crippen LogP contribution in [-0.4, -0.2) is 11.7 Å². The zero-order chi connectivity index (χ0) is 11.4. The van der Waals surface area contributed by atoms with Gasteiger partial charge in [0.1, 0.15) is 0 Å². The second-order valence-corrected chi connectivity index (χ2v) is 4.01. The molecule has 1 aromatic carbocycles. The van der Waals surface area contributed by atoms with E-state index in [0.717, 1.165) is 17.0 Å². The van der Waals surface area contributed by atoms with E-state index in [0.29, 0.717) is 5.92 Å². The molecule has 0 unspecified atom stereocenters. The van der Waals surface area contributed by atoms with E-state index >= 15 is 0 Å².